The quantitative estimate of drug-likeness (QED) is 0.241. The van der Waals surface area contributed by atoms with Crippen LogP contribution in [-0.4, -0.2) is 71.9 Å². The molecule has 0 aromatic rings. The molecular weight excluding hydrogens is 492 g/mol. The molecule has 12 heteroatoms. The second kappa shape index (κ2) is 14.4. The molecular formula is C23H36N4O6S2. The van der Waals surface area contributed by atoms with Crippen LogP contribution in [0.3, 0.4) is 0 Å². The number of esters is 1. The number of allylic oxidation sites excluding steroid dienone is 1. The summed E-state index contributed by atoms with van der Waals surface area (Å²) < 4.78 is 5.44. The Hall–Kier alpha value is -2.21. The topological polar surface area (TPSA) is 143 Å². The van der Waals surface area contributed by atoms with Crippen LogP contribution in [0, 0.1) is 11.8 Å². The van der Waals surface area contributed by atoms with Gasteiger partial charge in [-0.2, -0.15) is 0 Å². The zero-order valence-corrected chi connectivity index (χ0v) is 22.3. The summed E-state index contributed by atoms with van der Waals surface area (Å²) in [6.07, 6.45) is 3.49. The van der Waals surface area contributed by atoms with Crippen molar-refractivity contribution in [3.8, 4) is 0 Å². The van der Waals surface area contributed by atoms with E-state index in [1.54, 1.807) is 30.7 Å². The van der Waals surface area contributed by atoms with Crippen molar-refractivity contribution in [3.63, 3.8) is 0 Å². The highest BCUT2D eigenvalue weighted by molar-refractivity contribution is 8.76. The van der Waals surface area contributed by atoms with Crippen LogP contribution in [0.4, 0.5) is 0 Å². The van der Waals surface area contributed by atoms with Crippen molar-refractivity contribution in [1.82, 2.24) is 21.3 Å². The molecule has 4 atom stereocenters. The predicted molar refractivity (Wildman–Crippen MR) is 136 cm³/mol. The maximum absolute atomic E-state index is 13.2. The molecule has 0 aromatic heterocycles. The molecule has 1 fully saturated rings. The van der Waals surface area contributed by atoms with E-state index in [0.717, 1.165) is 5.75 Å². The highest BCUT2D eigenvalue weighted by Gasteiger charge is 2.32. The average Bonchev–Trinajstić information content (AvgIpc) is 2.77. The number of fused-ring (bicyclic) bond motifs is 7. The first-order valence-electron chi connectivity index (χ1n) is 11.8. The molecule has 2 rings (SSSR count). The largest absolute Gasteiger partial charge is 0.456 e. The highest BCUT2D eigenvalue weighted by Crippen LogP contribution is 2.24. The van der Waals surface area contributed by atoms with Crippen LogP contribution < -0.4 is 21.3 Å². The Kier molecular flexibility index (Phi) is 11.9. The Balaban J connectivity index is 2.45. The fraction of sp³-hybridized carbons (Fsp3) is 0.696. The number of amides is 4. The smallest absolute Gasteiger partial charge is 0.326 e. The Labute approximate surface area is 214 Å². The van der Waals surface area contributed by atoms with Gasteiger partial charge in [-0.05, 0) is 30.8 Å². The molecule has 1 saturated heterocycles. The van der Waals surface area contributed by atoms with Crippen molar-refractivity contribution >= 4 is 51.2 Å². The molecule has 10 nitrogen and oxygen atoms in total. The van der Waals surface area contributed by atoms with Gasteiger partial charge in [0.15, 0.2) is 0 Å². The minimum Gasteiger partial charge on any atom is -0.456 e. The summed E-state index contributed by atoms with van der Waals surface area (Å²) >= 11 is 0. The molecule has 2 bridgehead atoms. The van der Waals surface area contributed by atoms with Gasteiger partial charge < -0.3 is 26.0 Å². The number of nitrogens with one attached hydrogen (secondary N) is 4. The van der Waals surface area contributed by atoms with Gasteiger partial charge in [-0.15, -0.1) is 0 Å². The maximum atomic E-state index is 13.2. The van der Waals surface area contributed by atoms with Crippen LogP contribution in [0.2, 0.25) is 0 Å². The van der Waals surface area contributed by atoms with E-state index < -0.39 is 60.4 Å². The van der Waals surface area contributed by atoms with Gasteiger partial charge in [0.05, 0.1) is 6.42 Å². The number of carbonyl (C=O) groups excluding carboxylic acids is 5. The summed E-state index contributed by atoms with van der Waals surface area (Å²) in [5.41, 5.74) is 0. The van der Waals surface area contributed by atoms with E-state index in [-0.39, 0.29) is 24.0 Å². The zero-order valence-electron chi connectivity index (χ0n) is 20.6. The van der Waals surface area contributed by atoms with Crippen LogP contribution in [-0.2, 0) is 28.7 Å². The highest BCUT2D eigenvalue weighted by atomic mass is 33.1. The first-order valence-corrected chi connectivity index (χ1v) is 14.3. The number of hydrogen-bond acceptors (Lipinski definition) is 8. The van der Waals surface area contributed by atoms with Gasteiger partial charge in [0.1, 0.15) is 30.8 Å². The van der Waals surface area contributed by atoms with E-state index >= 15 is 0 Å². The summed E-state index contributed by atoms with van der Waals surface area (Å²) in [6, 6.07) is -2.68. The lowest BCUT2D eigenvalue weighted by Gasteiger charge is -2.27. The molecule has 196 valence electrons. The van der Waals surface area contributed by atoms with Gasteiger partial charge in [-0.25, -0.2) is 0 Å². The van der Waals surface area contributed by atoms with E-state index in [9.17, 15) is 24.0 Å². The summed E-state index contributed by atoms with van der Waals surface area (Å²) in [7, 11) is 2.98. The predicted octanol–water partition coefficient (Wildman–Crippen LogP) is 0.916. The molecule has 35 heavy (non-hydrogen) atoms. The van der Waals surface area contributed by atoms with Crippen LogP contribution in [0.1, 0.15) is 47.0 Å². The summed E-state index contributed by atoms with van der Waals surface area (Å²) in [4.78, 5) is 64.3. The third kappa shape index (κ3) is 10.1. The van der Waals surface area contributed by atoms with Gasteiger partial charge in [0.2, 0.25) is 23.6 Å². The molecule has 0 radical (unpaired) electrons. The molecule has 4 N–H and O–H groups in total. The molecule has 0 spiro atoms. The fourth-order valence-corrected chi connectivity index (χ4v) is 5.71. The van der Waals surface area contributed by atoms with Gasteiger partial charge >= 0.3 is 5.97 Å². The van der Waals surface area contributed by atoms with E-state index in [0.29, 0.717) is 12.8 Å². The Morgan fingerprint density at radius 1 is 0.971 bits per heavy atom. The first-order chi connectivity index (χ1) is 16.6. The monoisotopic (exact) mass is 528 g/mol. The Morgan fingerprint density at radius 2 is 1.71 bits per heavy atom. The van der Waals surface area contributed by atoms with Gasteiger partial charge in [0, 0.05) is 11.5 Å². The lowest BCUT2D eigenvalue weighted by molar-refractivity contribution is -0.148. The van der Waals surface area contributed by atoms with E-state index in [1.807, 2.05) is 19.9 Å². The summed E-state index contributed by atoms with van der Waals surface area (Å²) in [6.45, 7) is 7.02. The van der Waals surface area contributed by atoms with Crippen molar-refractivity contribution in [3.05, 3.63) is 12.2 Å². The third-order valence-electron chi connectivity index (χ3n) is 5.35. The SMILES string of the molecule is CC(C)CC1NC(=O)[C@H]2CSSCC/C=C/C(CC(=O)N[C@H](C(C)C)C(=O)N2)OC(=O)CNC1=O. The Bertz CT molecular complexity index is 820. The molecule has 2 aliphatic rings. The minimum absolute atomic E-state index is 0.0886. The van der Waals surface area contributed by atoms with Crippen LogP contribution >= 0.6 is 21.6 Å². The van der Waals surface area contributed by atoms with Crippen LogP contribution in [0.15, 0.2) is 12.2 Å². The lowest BCUT2D eigenvalue weighted by atomic mass is 10.0. The van der Waals surface area contributed by atoms with Gasteiger partial charge in [-0.3, -0.25) is 24.0 Å². The van der Waals surface area contributed by atoms with E-state index in [2.05, 4.69) is 21.3 Å². The number of ether oxygens (including phenoxy) is 1. The van der Waals surface area contributed by atoms with Crippen molar-refractivity contribution in [1.29, 1.82) is 0 Å². The lowest BCUT2D eigenvalue weighted by Crippen LogP contribution is -2.59. The number of carbonyl (C=O) groups is 5. The van der Waals surface area contributed by atoms with Crippen molar-refractivity contribution in [2.45, 2.75) is 71.2 Å². The average molecular weight is 529 g/mol. The normalized spacial score (nSPS) is 28.9. The van der Waals surface area contributed by atoms with Gasteiger partial charge in [0.25, 0.3) is 0 Å². The first kappa shape index (κ1) is 29.0. The second-order valence-electron chi connectivity index (χ2n) is 9.31. The molecule has 2 aliphatic heterocycles. The second-order valence-corrected chi connectivity index (χ2v) is 11.9. The summed E-state index contributed by atoms with van der Waals surface area (Å²) in [5.74, 6) is -1.83. The molecule has 0 aromatic carbocycles. The molecule has 0 aliphatic carbocycles. The van der Waals surface area contributed by atoms with Gasteiger partial charge in [-0.1, -0.05) is 55.4 Å². The van der Waals surface area contributed by atoms with Crippen LogP contribution in [0.25, 0.3) is 0 Å². The standard InChI is InChI=1S/C23H36N4O6S2/c1-13(2)9-16-21(30)24-11-19(29)33-15-7-5-6-8-34-35-12-17(22(31)25-16)26-23(32)20(14(3)4)27-18(28)10-15/h5,7,13-17,20H,6,8-12H2,1-4H3,(H,24,30)(H,25,31)(H,26,32)(H,27,28)/b7-5+/t15?,16?,17-,20-/m1/s1. The van der Waals surface area contributed by atoms with E-state index in [1.165, 1.54) is 10.8 Å². The van der Waals surface area contributed by atoms with Crippen molar-refractivity contribution in [2.24, 2.45) is 11.8 Å². The number of hydrogen-bond donors (Lipinski definition) is 4. The molecule has 2 heterocycles. The third-order valence-corrected chi connectivity index (χ3v) is 7.80. The molecule has 4 amide bonds. The fourth-order valence-electron chi connectivity index (χ4n) is 3.55. The number of rotatable bonds is 3. The molecule has 2 unspecified atom stereocenters. The van der Waals surface area contributed by atoms with Crippen molar-refractivity contribution < 1.29 is 28.7 Å². The van der Waals surface area contributed by atoms with Crippen molar-refractivity contribution in [2.75, 3.05) is 18.1 Å². The minimum atomic E-state index is -0.910. The summed E-state index contributed by atoms with van der Waals surface area (Å²) in [5, 5.41) is 10.7. The molecule has 0 saturated carbocycles. The van der Waals surface area contributed by atoms with E-state index in [4.69, 9.17) is 4.74 Å². The van der Waals surface area contributed by atoms with Crippen LogP contribution in [0.5, 0.6) is 0 Å². The maximum Gasteiger partial charge on any atom is 0.326 e. The zero-order chi connectivity index (χ0) is 26.0. The Morgan fingerprint density at radius 3 is 2.40 bits per heavy atom.